The standard InChI is InChI=1S/C17H15N3O5/c1-25-15-5-3-2-4-13(15)18-14-10-16(21)19(17(14)22)11-6-8-12(9-7-11)20(23)24/h2-9,14,18H,10H2,1H3. The predicted molar refractivity (Wildman–Crippen MR) is 90.6 cm³/mol. The molecule has 1 fully saturated rings. The van der Waals surface area contributed by atoms with Crippen molar-refractivity contribution in [1.29, 1.82) is 0 Å². The lowest BCUT2D eigenvalue weighted by Gasteiger charge is -2.17. The Morgan fingerprint density at radius 1 is 1.16 bits per heavy atom. The summed E-state index contributed by atoms with van der Waals surface area (Å²) in [5, 5.41) is 13.7. The normalized spacial score (nSPS) is 16.8. The van der Waals surface area contributed by atoms with Gasteiger partial charge in [-0.15, -0.1) is 0 Å². The molecule has 0 bridgehead atoms. The molecule has 1 aliphatic rings. The molecule has 25 heavy (non-hydrogen) atoms. The Balaban J connectivity index is 1.81. The number of anilines is 2. The molecule has 1 unspecified atom stereocenters. The van der Waals surface area contributed by atoms with Crippen molar-refractivity contribution in [2.75, 3.05) is 17.3 Å². The van der Waals surface area contributed by atoms with E-state index in [4.69, 9.17) is 4.74 Å². The van der Waals surface area contributed by atoms with Crippen molar-refractivity contribution in [2.45, 2.75) is 12.5 Å². The fourth-order valence-corrected chi connectivity index (χ4v) is 2.69. The lowest BCUT2D eigenvalue weighted by Crippen LogP contribution is -2.34. The summed E-state index contributed by atoms with van der Waals surface area (Å²) in [6.45, 7) is 0. The number of methoxy groups -OCH3 is 1. The Morgan fingerprint density at radius 3 is 2.48 bits per heavy atom. The zero-order chi connectivity index (χ0) is 18.0. The number of rotatable bonds is 5. The van der Waals surface area contributed by atoms with E-state index in [-0.39, 0.29) is 18.0 Å². The molecule has 1 N–H and O–H groups in total. The van der Waals surface area contributed by atoms with E-state index < -0.39 is 16.9 Å². The first-order valence-corrected chi connectivity index (χ1v) is 7.52. The number of hydrogen-bond donors (Lipinski definition) is 1. The molecular weight excluding hydrogens is 326 g/mol. The van der Waals surface area contributed by atoms with Gasteiger partial charge in [-0.3, -0.25) is 19.7 Å². The number of carbonyl (C=O) groups is 2. The first-order chi connectivity index (χ1) is 12.0. The molecule has 0 radical (unpaired) electrons. The highest BCUT2D eigenvalue weighted by Gasteiger charge is 2.40. The molecule has 3 rings (SSSR count). The SMILES string of the molecule is COc1ccccc1NC1CC(=O)N(c2ccc([N+](=O)[O-])cc2)C1=O. The maximum atomic E-state index is 12.6. The minimum absolute atomic E-state index is 0.00608. The molecule has 1 atom stereocenters. The van der Waals surface area contributed by atoms with Gasteiger partial charge in [-0.2, -0.15) is 0 Å². The van der Waals surface area contributed by atoms with Crippen LogP contribution in [-0.2, 0) is 9.59 Å². The minimum atomic E-state index is -0.723. The first-order valence-electron chi connectivity index (χ1n) is 7.52. The van der Waals surface area contributed by atoms with Crippen LogP contribution in [0.15, 0.2) is 48.5 Å². The summed E-state index contributed by atoms with van der Waals surface area (Å²) >= 11 is 0. The molecule has 8 nitrogen and oxygen atoms in total. The molecule has 2 amide bonds. The van der Waals surface area contributed by atoms with Crippen LogP contribution in [0.1, 0.15) is 6.42 Å². The molecule has 1 heterocycles. The summed E-state index contributed by atoms with van der Waals surface area (Å²) < 4.78 is 5.23. The number of imide groups is 1. The number of carbonyl (C=O) groups excluding carboxylic acids is 2. The summed E-state index contributed by atoms with van der Waals surface area (Å²) in [5.74, 6) is -0.215. The Hall–Kier alpha value is -3.42. The van der Waals surface area contributed by atoms with Crippen LogP contribution in [-0.4, -0.2) is 29.9 Å². The van der Waals surface area contributed by atoms with E-state index in [2.05, 4.69) is 5.32 Å². The number of non-ortho nitro benzene ring substituents is 1. The van der Waals surface area contributed by atoms with E-state index >= 15 is 0 Å². The Morgan fingerprint density at radius 2 is 1.84 bits per heavy atom. The van der Waals surface area contributed by atoms with E-state index in [0.717, 1.165) is 4.90 Å². The van der Waals surface area contributed by atoms with Crippen molar-refractivity contribution >= 4 is 28.9 Å². The van der Waals surface area contributed by atoms with Crippen LogP contribution in [0.4, 0.5) is 17.1 Å². The predicted octanol–water partition coefficient (Wildman–Crippen LogP) is 2.35. The highest BCUT2D eigenvalue weighted by Crippen LogP contribution is 2.29. The molecule has 0 aliphatic carbocycles. The number of ether oxygens (including phenoxy) is 1. The van der Waals surface area contributed by atoms with Crippen LogP contribution in [0.5, 0.6) is 5.75 Å². The zero-order valence-corrected chi connectivity index (χ0v) is 13.3. The Bertz CT molecular complexity index is 834. The van der Waals surface area contributed by atoms with Gasteiger partial charge in [0.05, 0.1) is 29.8 Å². The topological polar surface area (TPSA) is 102 Å². The molecule has 1 saturated heterocycles. The number of hydrogen-bond acceptors (Lipinski definition) is 6. The third-order valence-electron chi connectivity index (χ3n) is 3.90. The number of benzene rings is 2. The second-order valence-corrected chi connectivity index (χ2v) is 5.44. The zero-order valence-electron chi connectivity index (χ0n) is 13.3. The fourth-order valence-electron chi connectivity index (χ4n) is 2.69. The van der Waals surface area contributed by atoms with Gasteiger partial charge < -0.3 is 10.1 Å². The highest BCUT2D eigenvalue weighted by atomic mass is 16.6. The maximum Gasteiger partial charge on any atom is 0.269 e. The molecule has 0 spiro atoms. The van der Waals surface area contributed by atoms with Gasteiger partial charge >= 0.3 is 0 Å². The second kappa shape index (κ2) is 6.60. The largest absolute Gasteiger partial charge is 0.495 e. The first kappa shape index (κ1) is 16.4. The molecule has 0 aromatic heterocycles. The van der Waals surface area contributed by atoms with Gasteiger partial charge in [0, 0.05) is 12.1 Å². The van der Waals surface area contributed by atoms with Crippen molar-refractivity contribution in [3.8, 4) is 5.75 Å². The van der Waals surface area contributed by atoms with Crippen LogP contribution < -0.4 is 15.0 Å². The van der Waals surface area contributed by atoms with E-state index in [9.17, 15) is 19.7 Å². The van der Waals surface area contributed by atoms with Gasteiger partial charge in [0.25, 0.3) is 11.6 Å². The van der Waals surface area contributed by atoms with Gasteiger partial charge in [-0.1, -0.05) is 12.1 Å². The summed E-state index contributed by atoms with van der Waals surface area (Å²) in [7, 11) is 1.52. The van der Waals surface area contributed by atoms with Crippen LogP contribution in [0, 0.1) is 10.1 Å². The molecule has 8 heteroatoms. The quantitative estimate of drug-likeness (QED) is 0.509. The van der Waals surface area contributed by atoms with Crippen molar-refractivity contribution in [2.24, 2.45) is 0 Å². The third-order valence-corrected chi connectivity index (χ3v) is 3.90. The lowest BCUT2D eigenvalue weighted by atomic mass is 10.2. The highest BCUT2D eigenvalue weighted by molar-refractivity contribution is 6.23. The fraction of sp³-hybridized carbons (Fsp3) is 0.176. The molecular formula is C17H15N3O5. The number of para-hydroxylation sites is 2. The van der Waals surface area contributed by atoms with Gasteiger partial charge in [0.2, 0.25) is 5.91 Å². The summed E-state index contributed by atoms with van der Waals surface area (Å²) in [6.07, 6.45) is -0.00608. The van der Waals surface area contributed by atoms with Gasteiger partial charge in [0.15, 0.2) is 0 Å². The van der Waals surface area contributed by atoms with Gasteiger partial charge in [-0.05, 0) is 24.3 Å². The van der Waals surface area contributed by atoms with E-state index in [0.29, 0.717) is 17.1 Å². The number of nitrogens with one attached hydrogen (secondary N) is 1. The molecule has 0 saturated carbocycles. The Labute approximate surface area is 143 Å². The average Bonchev–Trinajstić information content (AvgIpc) is 2.89. The van der Waals surface area contributed by atoms with Gasteiger partial charge in [0.1, 0.15) is 11.8 Å². The smallest absolute Gasteiger partial charge is 0.269 e. The van der Waals surface area contributed by atoms with E-state index in [1.807, 2.05) is 0 Å². The van der Waals surface area contributed by atoms with Crippen LogP contribution in [0.25, 0.3) is 0 Å². The van der Waals surface area contributed by atoms with E-state index in [1.54, 1.807) is 24.3 Å². The Kier molecular flexibility index (Phi) is 4.34. The third kappa shape index (κ3) is 3.14. The minimum Gasteiger partial charge on any atom is -0.495 e. The van der Waals surface area contributed by atoms with Crippen molar-refractivity contribution < 1.29 is 19.2 Å². The van der Waals surface area contributed by atoms with Crippen LogP contribution in [0.2, 0.25) is 0 Å². The van der Waals surface area contributed by atoms with Crippen molar-refractivity contribution in [3.63, 3.8) is 0 Å². The van der Waals surface area contributed by atoms with Gasteiger partial charge in [-0.25, -0.2) is 4.90 Å². The van der Waals surface area contributed by atoms with Crippen LogP contribution in [0.3, 0.4) is 0 Å². The summed E-state index contributed by atoms with van der Waals surface area (Å²) in [5.41, 5.74) is 0.818. The van der Waals surface area contributed by atoms with Crippen LogP contribution >= 0.6 is 0 Å². The summed E-state index contributed by atoms with van der Waals surface area (Å²) in [6, 6.07) is 11.7. The molecule has 128 valence electrons. The van der Waals surface area contributed by atoms with Crippen molar-refractivity contribution in [3.05, 3.63) is 58.6 Å². The number of nitrogens with zero attached hydrogens (tertiary/aromatic N) is 2. The average molecular weight is 341 g/mol. The monoisotopic (exact) mass is 341 g/mol. The molecule has 2 aromatic rings. The second-order valence-electron chi connectivity index (χ2n) is 5.44. The van der Waals surface area contributed by atoms with E-state index in [1.165, 1.54) is 31.4 Å². The van der Waals surface area contributed by atoms with Crippen molar-refractivity contribution in [1.82, 2.24) is 0 Å². The lowest BCUT2D eigenvalue weighted by molar-refractivity contribution is -0.384. The number of nitro benzene ring substituents is 1. The summed E-state index contributed by atoms with van der Waals surface area (Å²) in [4.78, 5) is 36.1. The molecule has 1 aliphatic heterocycles. The molecule has 2 aromatic carbocycles. The number of nitro groups is 1. The number of amides is 2. The maximum absolute atomic E-state index is 12.6.